The topological polar surface area (TPSA) is 37.3 Å². The number of carboxylic acids is 1. The van der Waals surface area contributed by atoms with Crippen LogP contribution in [-0.4, -0.2) is 60.0 Å². The highest BCUT2D eigenvalue weighted by Crippen LogP contribution is 2.62. The summed E-state index contributed by atoms with van der Waals surface area (Å²) in [5.41, 5.74) is 0. The second kappa shape index (κ2) is 7.06. The fourth-order valence-corrected chi connectivity index (χ4v) is 1.10. The summed E-state index contributed by atoms with van der Waals surface area (Å²) in [7, 11) is 0.500. The third kappa shape index (κ3) is 3.57. The molecule has 0 aromatic carbocycles. The minimum absolute atomic E-state index is 0.500. The summed E-state index contributed by atoms with van der Waals surface area (Å²) in [6, 6.07) is 0. The molecule has 0 spiro atoms. The summed E-state index contributed by atoms with van der Waals surface area (Å²) in [5.74, 6) is -52.8. The second-order valence-corrected chi connectivity index (χ2v) is 4.25. The highest BCUT2D eigenvalue weighted by atomic mass is 19.4. The summed E-state index contributed by atoms with van der Waals surface area (Å²) in [5, 5.41) is 7.57. The lowest BCUT2D eigenvalue weighted by atomic mass is 9.91. The Hall–Kier alpha value is -1.65. The van der Waals surface area contributed by atoms with Crippen molar-refractivity contribution in [3.05, 3.63) is 0 Å². The predicted molar refractivity (Wildman–Crippen MR) is 50.4 cm³/mol. The van der Waals surface area contributed by atoms with Crippen LogP contribution in [0.15, 0.2) is 0 Å². The van der Waals surface area contributed by atoms with E-state index in [0.29, 0.717) is 7.18 Å². The smallest absolute Gasteiger partial charge is 0.460 e. The van der Waals surface area contributed by atoms with Gasteiger partial charge in [0.15, 0.2) is 0 Å². The van der Waals surface area contributed by atoms with Crippen LogP contribution in [0.4, 0.5) is 70.2 Å². The largest absolute Gasteiger partial charge is 0.477 e. The summed E-state index contributed by atoms with van der Waals surface area (Å²) in [6.45, 7) is 0. The molecule has 2 nitrogen and oxygen atoms in total. The molecular weight excluding hydrogens is 444 g/mol. The monoisotopic (exact) mass is 448 g/mol. The van der Waals surface area contributed by atoms with Crippen LogP contribution < -0.4 is 0 Å². The molecule has 0 aromatic heterocycles. The molecule has 27 heavy (non-hydrogen) atoms. The van der Waals surface area contributed by atoms with Gasteiger partial charge >= 0.3 is 47.7 Å². The molecule has 0 unspecified atom stereocenters. The lowest BCUT2D eigenvalue weighted by Gasteiger charge is -2.40. The number of aliphatic carboxylic acids is 1. The number of hydrogen-bond donors (Lipinski definition) is 1. The van der Waals surface area contributed by atoms with E-state index >= 15 is 0 Å². The van der Waals surface area contributed by atoms with Crippen molar-refractivity contribution in [3.63, 3.8) is 0 Å². The van der Waals surface area contributed by atoms with Gasteiger partial charge in [0.25, 0.3) is 0 Å². The van der Waals surface area contributed by atoms with Crippen LogP contribution in [0, 0.1) is 0 Å². The van der Waals surface area contributed by atoms with Crippen molar-refractivity contribution in [2.75, 3.05) is 7.18 Å². The fraction of sp³-hybridized carbons (Fsp3) is 0.889. The Morgan fingerprint density at radius 1 is 0.519 bits per heavy atom. The zero-order valence-electron chi connectivity index (χ0n) is 11.9. The normalized spacial score (nSPS) is 15.1. The standard InChI is InChI=1S/C8HF15O2.CH3F/c9-2(10,1(24)25)3(11,12)4(13,14)5(15,16)6(17,18)7(19,20)8(21,22)23;1-2/h(H,24,25);1H3. The van der Waals surface area contributed by atoms with Gasteiger partial charge in [0.2, 0.25) is 0 Å². The van der Waals surface area contributed by atoms with E-state index in [0.717, 1.165) is 0 Å². The van der Waals surface area contributed by atoms with Gasteiger partial charge in [0, 0.05) is 0 Å². The van der Waals surface area contributed by atoms with Gasteiger partial charge in [-0.2, -0.15) is 65.9 Å². The van der Waals surface area contributed by atoms with E-state index in [-0.39, 0.29) is 0 Å². The first-order valence-electron chi connectivity index (χ1n) is 5.39. The lowest BCUT2D eigenvalue weighted by molar-refractivity contribution is -0.450. The number of carbonyl (C=O) groups is 1. The maximum atomic E-state index is 12.8. The molecule has 164 valence electrons. The van der Waals surface area contributed by atoms with Crippen molar-refractivity contribution in [1.29, 1.82) is 0 Å². The SMILES string of the molecule is CF.O=C(O)C(F)(F)C(F)(F)C(F)(F)C(F)(F)C(F)(F)C(F)(F)C(F)(F)F. The van der Waals surface area contributed by atoms with E-state index < -0.39 is 47.7 Å². The molecule has 0 saturated carbocycles. The molecular formula is C9H4F16O2. The van der Waals surface area contributed by atoms with Crippen LogP contribution in [0.1, 0.15) is 0 Å². The average molecular weight is 448 g/mol. The van der Waals surface area contributed by atoms with Crippen LogP contribution in [0.3, 0.4) is 0 Å². The Bertz CT molecular complexity index is 532. The molecule has 0 radical (unpaired) electrons. The highest BCUT2D eigenvalue weighted by Gasteiger charge is 2.94. The van der Waals surface area contributed by atoms with Crippen molar-refractivity contribution >= 4 is 5.97 Å². The molecule has 0 amide bonds. The van der Waals surface area contributed by atoms with Gasteiger partial charge in [-0.05, 0) is 0 Å². The molecule has 0 heterocycles. The molecule has 0 fully saturated rings. The van der Waals surface area contributed by atoms with Crippen LogP contribution in [0.2, 0.25) is 0 Å². The summed E-state index contributed by atoms with van der Waals surface area (Å²) < 4.78 is 196. The molecule has 0 rings (SSSR count). The second-order valence-electron chi connectivity index (χ2n) is 4.25. The third-order valence-corrected chi connectivity index (χ3v) is 2.60. The number of alkyl halides is 16. The zero-order valence-corrected chi connectivity index (χ0v) is 11.9. The molecule has 0 saturated heterocycles. The minimum atomic E-state index is -8.47. The molecule has 0 aromatic rings. The van der Waals surface area contributed by atoms with E-state index in [2.05, 4.69) is 0 Å². The van der Waals surface area contributed by atoms with Crippen molar-refractivity contribution in [3.8, 4) is 0 Å². The molecule has 0 bridgehead atoms. The Labute approximate surface area is 136 Å². The molecule has 0 aliphatic rings. The number of rotatable bonds is 6. The molecule has 0 atom stereocenters. The van der Waals surface area contributed by atoms with Gasteiger partial charge in [0.1, 0.15) is 0 Å². The van der Waals surface area contributed by atoms with Gasteiger partial charge in [-0.15, -0.1) is 0 Å². The maximum absolute atomic E-state index is 12.8. The number of hydrogen-bond acceptors (Lipinski definition) is 1. The summed E-state index contributed by atoms with van der Waals surface area (Å²) in [6.07, 6.45) is -7.69. The zero-order chi connectivity index (χ0) is 23.1. The van der Waals surface area contributed by atoms with E-state index in [9.17, 15) is 75.0 Å². The molecule has 18 heteroatoms. The van der Waals surface area contributed by atoms with E-state index in [1.807, 2.05) is 0 Å². The predicted octanol–water partition coefficient (Wildman–Crippen LogP) is 5.03. The molecule has 0 aliphatic heterocycles. The summed E-state index contributed by atoms with van der Waals surface area (Å²) >= 11 is 0. The van der Waals surface area contributed by atoms with E-state index in [1.165, 1.54) is 0 Å². The Morgan fingerprint density at radius 3 is 0.963 bits per heavy atom. The first kappa shape index (κ1) is 27.6. The minimum Gasteiger partial charge on any atom is -0.477 e. The number of carboxylic acid groups (broad SMARTS) is 1. The highest BCUT2D eigenvalue weighted by molar-refractivity contribution is 5.77. The maximum Gasteiger partial charge on any atom is 0.460 e. The van der Waals surface area contributed by atoms with Gasteiger partial charge in [-0.1, -0.05) is 0 Å². The summed E-state index contributed by atoms with van der Waals surface area (Å²) in [4.78, 5) is 9.72. The van der Waals surface area contributed by atoms with Crippen LogP contribution in [0.5, 0.6) is 0 Å². The van der Waals surface area contributed by atoms with Crippen molar-refractivity contribution < 1.29 is 80.1 Å². The van der Waals surface area contributed by atoms with Crippen molar-refractivity contribution in [1.82, 2.24) is 0 Å². The molecule has 0 aliphatic carbocycles. The first-order valence-corrected chi connectivity index (χ1v) is 5.39. The Morgan fingerprint density at radius 2 is 0.741 bits per heavy atom. The van der Waals surface area contributed by atoms with Gasteiger partial charge in [-0.25, -0.2) is 4.79 Å². The van der Waals surface area contributed by atoms with Crippen molar-refractivity contribution in [2.24, 2.45) is 0 Å². The first-order chi connectivity index (χ1) is 11.4. The van der Waals surface area contributed by atoms with Gasteiger partial charge < -0.3 is 5.11 Å². The quantitative estimate of drug-likeness (QED) is 0.579. The van der Waals surface area contributed by atoms with Crippen LogP contribution in [-0.2, 0) is 4.79 Å². The van der Waals surface area contributed by atoms with Gasteiger partial charge in [-0.3, -0.25) is 4.39 Å². The lowest BCUT2D eigenvalue weighted by Crippen LogP contribution is -2.73. The van der Waals surface area contributed by atoms with Crippen LogP contribution >= 0.6 is 0 Å². The fourth-order valence-electron chi connectivity index (χ4n) is 1.10. The average Bonchev–Trinajstić information content (AvgIpc) is 2.46. The third-order valence-electron chi connectivity index (χ3n) is 2.60. The Balaban J connectivity index is 0. The van der Waals surface area contributed by atoms with Gasteiger partial charge in [0.05, 0.1) is 7.18 Å². The van der Waals surface area contributed by atoms with E-state index in [4.69, 9.17) is 5.11 Å². The molecule has 1 N–H and O–H groups in total. The number of halogens is 16. The van der Waals surface area contributed by atoms with Crippen LogP contribution in [0.25, 0.3) is 0 Å². The van der Waals surface area contributed by atoms with Crippen molar-refractivity contribution in [2.45, 2.75) is 41.7 Å². The Kier molecular flexibility index (Phi) is 7.21. The van der Waals surface area contributed by atoms with E-state index in [1.54, 1.807) is 0 Å².